The van der Waals surface area contributed by atoms with Crippen LogP contribution in [0.15, 0.2) is 48.4 Å². The fourth-order valence-electron chi connectivity index (χ4n) is 4.42. The Kier molecular flexibility index (Phi) is 3.50. The molecule has 1 aromatic heterocycles. The number of ketones is 1. The van der Waals surface area contributed by atoms with Gasteiger partial charge in [0, 0.05) is 12.1 Å². The van der Waals surface area contributed by atoms with Crippen LogP contribution in [0.5, 0.6) is 0 Å². The number of Topliss-reactive ketones (excluding diaryl/α,β-unsaturated/α-hetero) is 1. The lowest BCUT2D eigenvalue weighted by Gasteiger charge is -2.47. The third-order valence-electron chi connectivity index (χ3n) is 5.59. The van der Waals surface area contributed by atoms with Crippen LogP contribution in [-0.4, -0.2) is 15.8 Å². The third kappa shape index (κ3) is 2.14. The zero-order chi connectivity index (χ0) is 17.6. The molecule has 0 radical (unpaired) electrons. The van der Waals surface area contributed by atoms with Crippen LogP contribution >= 0.6 is 0 Å². The zero-order valence-corrected chi connectivity index (χ0v) is 13.7. The molecule has 2 aliphatic carbocycles. The van der Waals surface area contributed by atoms with Crippen LogP contribution in [0.3, 0.4) is 0 Å². The minimum absolute atomic E-state index is 0.0232. The number of hydrogen-bond donors (Lipinski definition) is 0. The monoisotopic (exact) mass is 333 g/mol. The molecule has 124 valence electrons. The number of nitriles is 1. The van der Waals surface area contributed by atoms with Crippen LogP contribution < -0.4 is 0 Å². The van der Waals surface area contributed by atoms with E-state index in [0.717, 1.165) is 29.7 Å². The molecule has 0 N–H and O–H groups in total. The lowest BCUT2D eigenvalue weighted by molar-refractivity contribution is -0.121. The molecule has 0 saturated heterocycles. The van der Waals surface area contributed by atoms with Crippen molar-refractivity contribution in [2.45, 2.75) is 25.2 Å². The first-order valence-electron chi connectivity index (χ1n) is 8.30. The number of halogens is 1. The second-order valence-electron chi connectivity index (χ2n) is 6.74. The summed E-state index contributed by atoms with van der Waals surface area (Å²) in [6, 6.07) is 8.34. The molecule has 4 rings (SSSR count). The minimum Gasteiger partial charge on any atom is -0.293 e. The van der Waals surface area contributed by atoms with Gasteiger partial charge in [-0.3, -0.25) is 4.79 Å². The van der Waals surface area contributed by atoms with E-state index in [1.165, 1.54) is 18.5 Å². The first-order valence-corrected chi connectivity index (χ1v) is 8.30. The summed E-state index contributed by atoms with van der Waals surface area (Å²) in [5, 5.41) is 9.49. The molecular formula is C20H16FN3O. The molecule has 0 saturated carbocycles. The van der Waals surface area contributed by atoms with Gasteiger partial charge in [-0.2, -0.15) is 5.26 Å². The van der Waals surface area contributed by atoms with Gasteiger partial charge in [0.1, 0.15) is 18.2 Å². The Labute approximate surface area is 145 Å². The number of nitrogens with zero attached hydrogens (tertiary/aromatic N) is 3. The maximum absolute atomic E-state index is 13.5. The summed E-state index contributed by atoms with van der Waals surface area (Å²) in [7, 11) is 0. The van der Waals surface area contributed by atoms with E-state index in [4.69, 9.17) is 0 Å². The molecule has 2 aromatic rings. The Bertz CT molecular complexity index is 929. The van der Waals surface area contributed by atoms with Crippen molar-refractivity contribution in [2.75, 3.05) is 0 Å². The molecule has 2 unspecified atom stereocenters. The Morgan fingerprint density at radius 2 is 2.08 bits per heavy atom. The number of carbonyl (C=O) groups is 1. The fraction of sp³-hybridized carbons (Fsp3) is 0.300. The number of hydrogen-bond acceptors (Lipinski definition) is 4. The van der Waals surface area contributed by atoms with Crippen LogP contribution in [0.2, 0.25) is 0 Å². The molecule has 3 atom stereocenters. The van der Waals surface area contributed by atoms with E-state index >= 15 is 0 Å². The number of rotatable bonds is 1. The molecule has 0 fully saturated rings. The first kappa shape index (κ1) is 15.6. The number of allylic oxidation sites excluding steroid dienone is 2. The van der Waals surface area contributed by atoms with E-state index in [1.807, 2.05) is 13.0 Å². The van der Waals surface area contributed by atoms with E-state index in [9.17, 15) is 14.4 Å². The Balaban J connectivity index is 2.08. The minimum atomic E-state index is -0.706. The van der Waals surface area contributed by atoms with E-state index in [0.29, 0.717) is 0 Å². The van der Waals surface area contributed by atoms with Gasteiger partial charge in [-0.15, -0.1) is 0 Å². The lowest BCUT2D eigenvalue weighted by atomic mass is 9.54. The highest BCUT2D eigenvalue weighted by Gasteiger charge is 2.52. The van der Waals surface area contributed by atoms with Gasteiger partial charge in [0.2, 0.25) is 0 Å². The highest BCUT2D eigenvalue weighted by Crippen LogP contribution is 2.52. The van der Waals surface area contributed by atoms with Crippen LogP contribution in [0.25, 0.3) is 0 Å². The molecule has 0 aliphatic heterocycles. The lowest BCUT2D eigenvalue weighted by Crippen LogP contribution is -2.48. The van der Waals surface area contributed by atoms with E-state index in [1.54, 1.807) is 24.4 Å². The van der Waals surface area contributed by atoms with Crippen molar-refractivity contribution in [3.8, 4) is 6.07 Å². The molecule has 0 amide bonds. The Morgan fingerprint density at radius 1 is 1.32 bits per heavy atom. The fourth-order valence-corrected chi connectivity index (χ4v) is 4.42. The summed E-state index contributed by atoms with van der Waals surface area (Å²) in [5.74, 6) is -0.764. The molecule has 0 spiro atoms. The smallest absolute Gasteiger partial charge is 0.176 e. The van der Waals surface area contributed by atoms with Gasteiger partial charge >= 0.3 is 0 Å². The highest BCUT2D eigenvalue weighted by atomic mass is 19.1. The van der Waals surface area contributed by atoms with Crippen LogP contribution in [0.4, 0.5) is 4.39 Å². The van der Waals surface area contributed by atoms with E-state index in [-0.39, 0.29) is 29.0 Å². The normalized spacial score (nSPS) is 27.7. The first-order chi connectivity index (χ1) is 12.1. The highest BCUT2D eigenvalue weighted by molar-refractivity contribution is 6.02. The van der Waals surface area contributed by atoms with Gasteiger partial charge in [0.05, 0.1) is 16.7 Å². The largest absolute Gasteiger partial charge is 0.293 e. The third-order valence-corrected chi connectivity index (χ3v) is 5.59. The van der Waals surface area contributed by atoms with Gasteiger partial charge in [-0.1, -0.05) is 19.1 Å². The molecule has 1 heterocycles. The molecule has 0 bridgehead atoms. The summed E-state index contributed by atoms with van der Waals surface area (Å²) in [4.78, 5) is 21.2. The standard InChI is InChI=1S/C20H16FN3O/c1-12-17-7-2-13-10-23-11-24-19(13)20(17,8-14(9-22)18(12)25)15-3-5-16(21)6-4-15/h3-6,8,10-12,17H,2,7H2,1H3/t12?,17-,20?/m1/s1. The van der Waals surface area contributed by atoms with E-state index < -0.39 is 5.41 Å². The summed E-state index contributed by atoms with van der Waals surface area (Å²) >= 11 is 0. The average molecular weight is 333 g/mol. The van der Waals surface area contributed by atoms with Crippen molar-refractivity contribution >= 4 is 5.78 Å². The second kappa shape index (κ2) is 5.59. The SMILES string of the molecule is CC1C(=O)C(C#N)=CC2(c3ccc(F)cc3)c3ncncc3CC[C@H]12. The summed E-state index contributed by atoms with van der Waals surface area (Å²) in [6.07, 6.45) is 6.62. The molecule has 4 nitrogen and oxygen atoms in total. The maximum atomic E-state index is 13.5. The topological polar surface area (TPSA) is 66.6 Å². The predicted molar refractivity (Wildman–Crippen MR) is 88.9 cm³/mol. The van der Waals surface area contributed by atoms with Crippen molar-refractivity contribution in [1.29, 1.82) is 5.26 Å². The molecule has 2 aliphatic rings. The van der Waals surface area contributed by atoms with Crippen molar-refractivity contribution in [3.63, 3.8) is 0 Å². The molecule has 1 aromatic carbocycles. The van der Waals surface area contributed by atoms with Gasteiger partial charge in [-0.25, -0.2) is 14.4 Å². The molecule has 5 heteroatoms. The maximum Gasteiger partial charge on any atom is 0.176 e. The van der Waals surface area contributed by atoms with Crippen LogP contribution in [0, 0.1) is 29.0 Å². The van der Waals surface area contributed by atoms with Crippen molar-refractivity contribution < 1.29 is 9.18 Å². The molecule has 25 heavy (non-hydrogen) atoms. The average Bonchev–Trinajstić information content (AvgIpc) is 2.65. The predicted octanol–water partition coefficient (Wildman–Crippen LogP) is 3.13. The van der Waals surface area contributed by atoms with Crippen LogP contribution in [0.1, 0.15) is 30.2 Å². The quantitative estimate of drug-likeness (QED) is 0.804. The van der Waals surface area contributed by atoms with Crippen molar-refractivity contribution in [3.05, 3.63) is 71.1 Å². The van der Waals surface area contributed by atoms with Crippen molar-refractivity contribution in [1.82, 2.24) is 9.97 Å². The summed E-state index contributed by atoms with van der Waals surface area (Å²) in [6.45, 7) is 1.88. The summed E-state index contributed by atoms with van der Waals surface area (Å²) in [5.41, 5.74) is 2.13. The van der Waals surface area contributed by atoms with E-state index in [2.05, 4.69) is 9.97 Å². The van der Waals surface area contributed by atoms with Gasteiger partial charge in [0.25, 0.3) is 0 Å². The van der Waals surface area contributed by atoms with Gasteiger partial charge in [-0.05, 0) is 48.1 Å². The number of aryl methyl sites for hydroxylation is 1. The second-order valence-corrected chi connectivity index (χ2v) is 6.74. The van der Waals surface area contributed by atoms with Gasteiger partial charge in [0.15, 0.2) is 5.78 Å². The number of carbonyl (C=O) groups excluding carboxylic acids is 1. The molecular weight excluding hydrogens is 317 g/mol. The number of fused-ring (bicyclic) bond motifs is 3. The summed E-state index contributed by atoms with van der Waals surface area (Å²) < 4.78 is 13.5. The van der Waals surface area contributed by atoms with Crippen molar-refractivity contribution in [2.24, 2.45) is 11.8 Å². The Morgan fingerprint density at radius 3 is 2.80 bits per heavy atom. The number of benzene rings is 1. The van der Waals surface area contributed by atoms with Gasteiger partial charge < -0.3 is 0 Å². The zero-order valence-electron chi connectivity index (χ0n) is 13.7. The number of aromatic nitrogens is 2. The van der Waals surface area contributed by atoms with Crippen LogP contribution in [-0.2, 0) is 16.6 Å². The Hall–Kier alpha value is -2.87.